The number of thiazole rings is 1. The molecule has 0 N–H and O–H groups in total. The molecule has 0 fully saturated rings. The average Bonchev–Trinajstić information content (AvgIpc) is 3.12. The fraction of sp³-hybridized carbons (Fsp3) is 0. The molecule has 8 heteroatoms. The summed E-state index contributed by atoms with van der Waals surface area (Å²) < 4.78 is 1.83. The van der Waals surface area contributed by atoms with Gasteiger partial charge in [-0.25, -0.2) is 0 Å². The molecule has 0 atom stereocenters. The van der Waals surface area contributed by atoms with Crippen LogP contribution in [0.15, 0.2) is 47.5 Å². The van der Waals surface area contributed by atoms with E-state index in [1.807, 2.05) is 6.07 Å². The van der Waals surface area contributed by atoms with Crippen molar-refractivity contribution in [1.82, 2.24) is 19.6 Å². The second kappa shape index (κ2) is 5.98. The first kappa shape index (κ1) is 15.3. The van der Waals surface area contributed by atoms with Crippen LogP contribution in [-0.4, -0.2) is 19.6 Å². The van der Waals surface area contributed by atoms with Gasteiger partial charge < -0.3 is 0 Å². The van der Waals surface area contributed by atoms with Gasteiger partial charge in [0.15, 0.2) is 5.82 Å². The fourth-order valence-electron chi connectivity index (χ4n) is 2.20. The molecule has 0 saturated carbocycles. The number of pyridine rings is 1. The van der Waals surface area contributed by atoms with E-state index in [4.69, 9.17) is 23.2 Å². The van der Waals surface area contributed by atoms with Gasteiger partial charge in [-0.05, 0) is 35.9 Å². The SMILES string of the molecule is O=c1/c(=C/c2ccc(Cl)c(Cl)c2)sc2nc(-c3cccnc3)nn12. The zero-order chi connectivity index (χ0) is 16.7. The molecule has 0 bridgehead atoms. The van der Waals surface area contributed by atoms with Gasteiger partial charge in [-0.15, -0.1) is 5.10 Å². The number of rotatable bonds is 2. The van der Waals surface area contributed by atoms with Crippen molar-refractivity contribution in [3.05, 3.63) is 73.2 Å². The maximum absolute atomic E-state index is 12.5. The summed E-state index contributed by atoms with van der Waals surface area (Å²) in [7, 11) is 0. The Morgan fingerprint density at radius 1 is 1.17 bits per heavy atom. The smallest absolute Gasteiger partial charge is 0.266 e. The number of halogens is 2. The topological polar surface area (TPSA) is 60.2 Å². The first-order valence-electron chi connectivity index (χ1n) is 6.88. The summed E-state index contributed by atoms with van der Waals surface area (Å²) in [5, 5.41) is 5.19. The van der Waals surface area contributed by atoms with Crippen LogP contribution in [0.4, 0.5) is 0 Å². The Hall–Kier alpha value is -2.28. The summed E-state index contributed by atoms with van der Waals surface area (Å²) in [6.07, 6.45) is 5.08. The lowest BCUT2D eigenvalue weighted by molar-refractivity contribution is 0.936. The highest BCUT2D eigenvalue weighted by Gasteiger charge is 2.12. The number of aromatic nitrogens is 4. The van der Waals surface area contributed by atoms with Crippen LogP contribution in [-0.2, 0) is 0 Å². The number of fused-ring (bicyclic) bond motifs is 1. The van der Waals surface area contributed by atoms with Crippen molar-refractivity contribution in [2.24, 2.45) is 0 Å². The molecule has 0 spiro atoms. The van der Waals surface area contributed by atoms with Crippen molar-refractivity contribution in [3.8, 4) is 11.4 Å². The Morgan fingerprint density at radius 2 is 2.04 bits per heavy atom. The molecule has 4 aromatic rings. The fourth-order valence-corrected chi connectivity index (χ4v) is 3.42. The van der Waals surface area contributed by atoms with Gasteiger partial charge in [0.05, 0.1) is 14.6 Å². The van der Waals surface area contributed by atoms with Gasteiger partial charge in [0, 0.05) is 18.0 Å². The zero-order valence-electron chi connectivity index (χ0n) is 12.0. The third-order valence-electron chi connectivity index (χ3n) is 3.34. The lowest BCUT2D eigenvalue weighted by Crippen LogP contribution is -2.23. The Kier molecular flexibility index (Phi) is 3.80. The van der Waals surface area contributed by atoms with Crippen LogP contribution >= 0.6 is 34.5 Å². The molecule has 0 aliphatic carbocycles. The van der Waals surface area contributed by atoms with E-state index in [-0.39, 0.29) is 5.56 Å². The van der Waals surface area contributed by atoms with Crippen LogP contribution in [0.2, 0.25) is 10.0 Å². The molecule has 3 heterocycles. The molecule has 0 aliphatic heterocycles. The van der Waals surface area contributed by atoms with Gasteiger partial charge in [-0.3, -0.25) is 9.78 Å². The van der Waals surface area contributed by atoms with Gasteiger partial charge >= 0.3 is 0 Å². The molecule has 1 aromatic carbocycles. The van der Waals surface area contributed by atoms with Crippen LogP contribution < -0.4 is 10.1 Å². The molecule has 0 amide bonds. The van der Waals surface area contributed by atoms with Crippen LogP contribution in [0.25, 0.3) is 22.4 Å². The number of hydrogen-bond acceptors (Lipinski definition) is 5. The van der Waals surface area contributed by atoms with Crippen LogP contribution in [0.1, 0.15) is 5.56 Å². The van der Waals surface area contributed by atoms with Crippen molar-refractivity contribution >= 4 is 45.6 Å². The quantitative estimate of drug-likeness (QED) is 0.540. The molecule has 24 heavy (non-hydrogen) atoms. The lowest BCUT2D eigenvalue weighted by Gasteiger charge is -1.96. The first-order valence-corrected chi connectivity index (χ1v) is 8.46. The minimum Gasteiger partial charge on any atom is -0.266 e. The molecule has 0 aliphatic rings. The molecule has 118 valence electrons. The highest BCUT2D eigenvalue weighted by Crippen LogP contribution is 2.23. The second-order valence-electron chi connectivity index (χ2n) is 4.96. The summed E-state index contributed by atoms with van der Waals surface area (Å²) in [6, 6.07) is 8.84. The van der Waals surface area contributed by atoms with Crippen LogP contribution in [0.5, 0.6) is 0 Å². The van der Waals surface area contributed by atoms with Crippen LogP contribution in [0, 0.1) is 0 Å². The summed E-state index contributed by atoms with van der Waals surface area (Å²) in [5.74, 6) is 0.479. The van der Waals surface area contributed by atoms with E-state index in [9.17, 15) is 4.79 Å². The largest absolute Gasteiger partial charge is 0.291 e. The molecule has 0 unspecified atom stereocenters. The van der Waals surface area contributed by atoms with Gasteiger partial charge in [0.25, 0.3) is 5.56 Å². The number of hydrogen-bond donors (Lipinski definition) is 0. The third kappa shape index (κ3) is 2.69. The Balaban J connectivity index is 1.82. The maximum atomic E-state index is 12.5. The molecule has 5 nitrogen and oxygen atoms in total. The zero-order valence-corrected chi connectivity index (χ0v) is 14.3. The van der Waals surface area contributed by atoms with Crippen LogP contribution in [0.3, 0.4) is 0 Å². The lowest BCUT2D eigenvalue weighted by atomic mass is 10.2. The van der Waals surface area contributed by atoms with Crippen molar-refractivity contribution in [1.29, 1.82) is 0 Å². The first-order chi connectivity index (χ1) is 11.6. The van der Waals surface area contributed by atoms with E-state index in [0.29, 0.717) is 25.4 Å². The summed E-state index contributed by atoms with van der Waals surface area (Å²) >= 11 is 13.2. The Bertz CT molecular complexity index is 1150. The van der Waals surface area contributed by atoms with E-state index in [1.54, 1.807) is 42.7 Å². The van der Waals surface area contributed by atoms with Crippen molar-refractivity contribution in [3.63, 3.8) is 0 Å². The monoisotopic (exact) mass is 374 g/mol. The van der Waals surface area contributed by atoms with E-state index in [2.05, 4.69) is 15.1 Å². The number of benzene rings is 1. The van der Waals surface area contributed by atoms with E-state index < -0.39 is 0 Å². The number of nitrogens with zero attached hydrogens (tertiary/aromatic N) is 4. The molecule has 3 aromatic heterocycles. The predicted molar refractivity (Wildman–Crippen MR) is 95.6 cm³/mol. The highest BCUT2D eigenvalue weighted by molar-refractivity contribution is 7.15. The van der Waals surface area contributed by atoms with Gasteiger partial charge in [-0.2, -0.15) is 9.50 Å². The summed E-state index contributed by atoms with van der Waals surface area (Å²) in [4.78, 5) is 21.5. The standard InChI is InChI=1S/C16H8Cl2N4OS/c17-11-4-3-9(6-12(11)18)7-13-15(23)22-16(24-13)20-14(21-22)10-2-1-5-19-8-10/h1-8H/b13-7-. The molecular weight excluding hydrogens is 367 g/mol. The predicted octanol–water partition coefficient (Wildman–Crippen LogP) is 3.07. The minimum absolute atomic E-state index is 0.219. The molecule has 0 saturated heterocycles. The molecule has 0 radical (unpaired) electrons. The van der Waals surface area contributed by atoms with E-state index in [1.165, 1.54) is 15.9 Å². The third-order valence-corrected chi connectivity index (χ3v) is 5.04. The van der Waals surface area contributed by atoms with Gasteiger partial charge in [-0.1, -0.05) is 40.6 Å². The summed E-state index contributed by atoms with van der Waals surface area (Å²) in [5.41, 5.74) is 1.34. The Morgan fingerprint density at radius 3 is 2.75 bits per heavy atom. The van der Waals surface area contributed by atoms with Gasteiger partial charge in [0.1, 0.15) is 0 Å². The van der Waals surface area contributed by atoms with Gasteiger partial charge in [0.2, 0.25) is 4.96 Å². The molecular formula is C16H8Cl2N4OS. The van der Waals surface area contributed by atoms with E-state index in [0.717, 1.165) is 11.1 Å². The normalized spacial score (nSPS) is 12.2. The highest BCUT2D eigenvalue weighted by atomic mass is 35.5. The second-order valence-corrected chi connectivity index (χ2v) is 6.78. The Labute approximate surface area is 149 Å². The van der Waals surface area contributed by atoms with Crippen molar-refractivity contribution < 1.29 is 0 Å². The van der Waals surface area contributed by atoms with Crippen molar-refractivity contribution in [2.75, 3.05) is 0 Å². The van der Waals surface area contributed by atoms with Crippen molar-refractivity contribution in [2.45, 2.75) is 0 Å². The van der Waals surface area contributed by atoms with E-state index >= 15 is 0 Å². The molecule has 4 rings (SSSR count). The minimum atomic E-state index is -0.219. The average molecular weight is 375 g/mol. The maximum Gasteiger partial charge on any atom is 0.291 e. The summed E-state index contributed by atoms with van der Waals surface area (Å²) in [6.45, 7) is 0.